The number of anilines is 1. The molecule has 104 valence electrons. The fourth-order valence-corrected chi connectivity index (χ4v) is 2.06. The van der Waals surface area contributed by atoms with Crippen molar-refractivity contribution in [2.75, 3.05) is 5.01 Å². The van der Waals surface area contributed by atoms with Gasteiger partial charge in [0.15, 0.2) is 6.04 Å². The van der Waals surface area contributed by atoms with Crippen LogP contribution < -0.4 is 5.01 Å². The SMILES string of the molecule is CC1=NN(c2ccccc2)C(=O)[C@H]1N=Nc1ccccc1. The topological polar surface area (TPSA) is 57.4 Å². The Bertz CT molecular complexity index is 695. The van der Waals surface area contributed by atoms with Crippen molar-refractivity contribution in [1.82, 2.24) is 0 Å². The molecule has 1 atom stereocenters. The number of hydrogen-bond acceptors (Lipinski definition) is 4. The molecule has 1 amide bonds. The molecule has 2 aromatic carbocycles. The van der Waals surface area contributed by atoms with Crippen molar-refractivity contribution < 1.29 is 4.79 Å². The molecule has 0 aliphatic carbocycles. The molecular weight excluding hydrogens is 264 g/mol. The Balaban J connectivity index is 1.81. The second-order valence-corrected chi connectivity index (χ2v) is 4.68. The lowest BCUT2D eigenvalue weighted by atomic mass is 10.2. The summed E-state index contributed by atoms with van der Waals surface area (Å²) >= 11 is 0. The molecule has 0 N–H and O–H groups in total. The maximum absolute atomic E-state index is 12.4. The van der Waals surface area contributed by atoms with Gasteiger partial charge in [-0.2, -0.15) is 20.3 Å². The van der Waals surface area contributed by atoms with Crippen LogP contribution in [0.3, 0.4) is 0 Å². The number of rotatable bonds is 3. The third kappa shape index (κ3) is 2.72. The van der Waals surface area contributed by atoms with Gasteiger partial charge >= 0.3 is 0 Å². The van der Waals surface area contributed by atoms with E-state index in [-0.39, 0.29) is 5.91 Å². The lowest BCUT2D eigenvalue weighted by Crippen LogP contribution is -2.29. The summed E-state index contributed by atoms with van der Waals surface area (Å²) in [5, 5.41) is 13.9. The highest BCUT2D eigenvalue weighted by Gasteiger charge is 2.34. The molecule has 5 nitrogen and oxygen atoms in total. The summed E-state index contributed by atoms with van der Waals surface area (Å²) in [5.74, 6) is -0.182. The van der Waals surface area contributed by atoms with E-state index in [9.17, 15) is 4.79 Å². The van der Waals surface area contributed by atoms with E-state index in [2.05, 4.69) is 15.3 Å². The largest absolute Gasteiger partial charge is 0.280 e. The van der Waals surface area contributed by atoms with E-state index in [4.69, 9.17) is 0 Å². The average Bonchev–Trinajstić information content (AvgIpc) is 2.82. The van der Waals surface area contributed by atoms with Crippen molar-refractivity contribution >= 4 is 23.0 Å². The van der Waals surface area contributed by atoms with Crippen LogP contribution in [-0.2, 0) is 4.79 Å². The molecule has 1 heterocycles. The van der Waals surface area contributed by atoms with E-state index < -0.39 is 6.04 Å². The fourth-order valence-electron chi connectivity index (χ4n) is 2.06. The molecule has 0 aromatic heterocycles. The molecule has 0 unspecified atom stereocenters. The van der Waals surface area contributed by atoms with Gasteiger partial charge in [-0.3, -0.25) is 4.79 Å². The predicted molar refractivity (Wildman–Crippen MR) is 81.8 cm³/mol. The van der Waals surface area contributed by atoms with Crippen LogP contribution in [0.1, 0.15) is 6.92 Å². The average molecular weight is 278 g/mol. The highest BCUT2D eigenvalue weighted by molar-refractivity contribution is 6.18. The number of carbonyl (C=O) groups excluding carboxylic acids is 1. The number of hydrogen-bond donors (Lipinski definition) is 0. The van der Waals surface area contributed by atoms with Crippen molar-refractivity contribution in [2.45, 2.75) is 13.0 Å². The van der Waals surface area contributed by atoms with E-state index in [1.165, 1.54) is 5.01 Å². The quantitative estimate of drug-likeness (QED) is 0.792. The van der Waals surface area contributed by atoms with Gasteiger partial charge in [0.05, 0.1) is 17.1 Å². The minimum Gasteiger partial charge on any atom is -0.269 e. The number of amides is 1. The number of nitrogens with zero attached hydrogens (tertiary/aromatic N) is 4. The Morgan fingerprint density at radius 3 is 2.29 bits per heavy atom. The van der Waals surface area contributed by atoms with Crippen LogP contribution in [0, 0.1) is 0 Å². The van der Waals surface area contributed by atoms with Crippen LogP contribution in [-0.4, -0.2) is 17.7 Å². The molecule has 2 aromatic rings. The fraction of sp³-hybridized carbons (Fsp3) is 0.125. The lowest BCUT2D eigenvalue weighted by molar-refractivity contribution is -0.117. The zero-order chi connectivity index (χ0) is 14.7. The minimum absolute atomic E-state index is 0.182. The summed E-state index contributed by atoms with van der Waals surface area (Å²) in [6.07, 6.45) is 0. The van der Waals surface area contributed by atoms with Crippen LogP contribution in [0.25, 0.3) is 0 Å². The summed E-state index contributed by atoms with van der Waals surface area (Å²) < 4.78 is 0. The predicted octanol–water partition coefficient (Wildman–Crippen LogP) is 3.56. The minimum atomic E-state index is -0.648. The number of hydrazone groups is 1. The molecular formula is C16H14N4O. The van der Waals surface area contributed by atoms with Gasteiger partial charge in [-0.05, 0) is 31.2 Å². The summed E-state index contributed by atoms with van der Waals surface area (Å²) in [5.41, 5.74) is 2.10. The maximum Gasteiger partial charge on any atom is 0.280 e. The Hall–Kier alpha value is -2.82. The van der Waals surface area contributed by atoms with Crippen LogP contribution >= 0.6 is 0 Å². The lowest BCUT2D eigenvalue weighted by Gasteiger charge is -2.11. The van der Waals surface area contributed by atoms with E-state index in [0.29, 0.717) is 5.71 Å². The standard InChI is InChI=1S/C16H14N4O/c1-12-15(18-17-13-8-4-2-5-9-13)16(21)20(19-12)14-10-6-3-7-11-14/h2-11,15H,1H3/t15-/m0/s1. The molecule has 1 aliphatic rings. The highest BCUT2D eigenvalue weighted by atomic mass is 16.2. The van der Waals surface area contributed by atoms with Gasteiger partial charge in [0.2, 0.25) is 0 Å². The molecule has 21 heavy (non-hydrogen) atoms. The zero-order valence-corrected chi connectivity index (χ0v) is 11.5. The normalized spacial score (nSPS) is 18.3. The third-order valence-electron chi connectivity index (χ3n) is 3.14. The van der Waals surface area contributed by atoms with Crippen molar-refractivity contribution in [3.63, 3.8) is 0 Å². The van der Waals surface area contributed by atoms with Gasteiger partial charge in [0.1, 0.15) is 0 Å². The van der Waals surface area contributed by atoms with Crippen LogP contribution in [0.5, 0.6) is 0 Å². The second-order valence-electron chi connectivity index (χ2n) is 4.68. The van der Waals surface area contributed by atoms with Gasteiger partial charge in [0, 0.05) is 0 Å². The van der Waals surface area contributed by atoms with E-state index in [1.807, 2.05) is 60.7 Å². The molecule has 0 spiro atoms. The smallest absolute Gasteiger partial charge is 0.269 e. The van der Waals surface area contributed by atoms with Crippen LogP contribution in [0.2, 0.25) is 0 Å². The van der Waals surface area contributed by atoms with E-state index >= 15 is 0 Å². The first-order valence-electron chi connectivity index (χ1n) is 6.66. The first-order chi connectivity index (χ1) is 10.3. The molecule has 0 radical (unpaired) electrons. The van der Waals surface area contributed by atoms with Gasteiger partial charge in [-0.15, -0.1) is 0 Å². The highest BCUT2D eigenvalue weighted by Crippen LogP contribution is 2.22. The first-order valence-corrected chi connectivity index (χ1v) is 6.66. The second kappa shape index (κ2) is 5.66. The maximum atomic E-state index is 12.4. The molecule has 0 fully saturated rings. The monoisotopic (exact) mass is 278 g/mol. The molecule has 1 aliphatic heterocycles. The van der Waals surface area contributed by atoms with Gasteiger partial charge in [-0.1, -0.05) is 36.4 Å². The Labute approximate surface area is 122 Å². The third-order valence-corrected chi connectivity index (χ3v) is 3.14. The van der Waals surface area contributed by atoms with Crippen molar-refractivity contribution in [3.05, 3.63) is 60.7 Å². The Morgan fingerprint density at radius 2 is 1.62 bits per heavy atom. The molecule has 0 saturated carbocycles. The summed E-state index contributed by atoms with van der Waals surface area (Å²) in [6.45, 7) is 1.79. The Kier molecular flexibility index (Phi) is 3.55. The van der Waals surface area contributed by atoms with Gasteiger partial charge < -0.3 is 0 Å². The number of azo groups is 1. The van der Waals surface area contributed by atoms with E-state index in [1.54, 1.807) is 6.92 Å². The molecule has 3 rings (SSSR count). The summed E-state index contributed by atoms with van der Waals surface area (Å²) in [7, 11) is 0. The molecule has 0 saturated heterocycles. The summed E-state index contributed by atoms with van der Waals surface area (Å²) in [4.78, 5) is 12.4. The van der Waals surface area contributed by atoms with Crippen LogP contribution in [0.4, 0.5) is 11.4 Å². The number of benzene rings is 2. The van der Waals surface area contributed by atoms with Crippen molar-refractivity contribution in [1.29, 1.82) is 0 Å². The van der Waals surface area contributed by atoms with Crippen LogP contribution in [0.15, 0.2) is 76.0 Å². The van der Waals surface area contributed by atoms with Gasteiger partial charge in [0.25, 0.3) is 5.91 Å². The molecule has 5 heteroatoms. The number of para-hydroxylation sites is 1. The summed E-state index contributed by atoms with van der Waals surface area (Å²) in [6, 6.07) is 18.0. The number of carbonyl (C=O) groups is 1. The van der Waals surface area contributed by atoms with Gasteiger partial charge in [-0.25, -0.2) is 0 Å². The van der Waals surface area contributed by atoms with Crippen molar-refractivity contribution in [3.8, 4) is 0 Å². The molecule has 0 bridgehead atoms. The van der Waals surface area contributed by atoms with E-state index in [0.717, 1.165) is 11.4 Å². The zero-order valence-electron chi connectivity index (χ0n) is 11.5. The van der Waals surface area contributed by atoms with Crippen molar-refractivity contribution in [2.24, 2.45) is 15.3 Å². The Morgan fingerprint density at radius 1 is 1.00 bits per heavy atom. The first kappa shape index (κ1) is 13.2.